The van der Waals surface area contributed by atoms with E-state index in [1.54, 1.807) is 26.0 Å². The molecular weight excluding hydrogens is 293 g/mol. The molecule has 0 saturated carbocycles. The van der Waals surface area contributed by atoms with E-state index >= 15 is 0 Å². The van der Waals surface area contributed by atoms with Gasteiger partial charge in [-0.1, -0.05) is 31.2 Å². The molecule has 1 heterocycles. The molecule has 0 aliphatic carbocycles. The van der Waals surface area contributed by atoms with Crippen molar-refractivity contribution >= 4 is 5.91 Å². The van der Waals surface area contributed by atoms with Crippen molar-refractivity contribution in [1.29, 1.82) is 0 Å². The topological polar surface area (TPSA) is 32.3 Å². The fourth-order valence-corrected chi connectivity index (χ4v) is 2.79. The number of hydrazine groups is 1. The van der Waals surface area contributed by atoms with Crippen LogP contribution in [-0.2, 0) is 17.6 Å². The van der Waals surface area contributed by atoms with Crippen molar-refractivity contribution in [3.8, 4) is 0 Å². The van der Waals surface area contributed by atoms with Crippen LogP contribution in [0.4, 0.5) is 13.2 Å². The van der Waals surface area contributed by atoms with Crippen LogP contribution in [0, 0.1) is 0 Å². The molecule has 0 unspecified atom stereocenters. The minimum absolute atomic E-state index is 0.0638. The Hall–Kier alpha value is -1.56. The molecule has 1 aliphatic rings. The van der Waals surface area contributed by atoms with E-state index in [2.05, 4.69) is 5.43 Å². The Morgan fingerprint density at radius 2 is 1.77 bits per heavy atom. The predicted octanol–water partition coefficient (Wildman–Crippen LogP) is 3.24. The number of alkyl halides is 3. The van der Waals surface area contributed by atoms with Crippen LogP contribution in [0.5, 0.6) is 0 Å². The third-order valence-corrected chi connectivity index (χ3v) is 4.04. The number of benzene rings is 1. The summed E-state index contributed by atoms with van der Waals surface area (Å²) in [5.41, 5.74) is 3.20. The zero-order valence-corrected chi connectivity index (χ0v) is 13.0. The Bertz CT molecular complexity index is 537. The molecule has 1 amide bonds. The maximum atomic E-state index is 13.5. The van der Waals surface area contributed by atoms with E-state index < -0.39 is 17.8 Å². The van der Waals surface area contributed by atoms with Crippen molar-refractivity contribution in [2.24, 2.45) is 0 Å². The van der Waals surface area contributed by atoms with Crippen molar-refractivity contribution in [2.75, 3.05) is 0 Å². The molecule has 0 spiro atoms. The van der Waals surface area contributed by atoms with E-state index in [0.717, 1.165) is 17.0 Å². The molecule has 2 rings (SSSR count). The van der Waals surface area contributed by atoms with Crippen LogP contribution in [0.15, 0.2) is 24.3 Å². The molecule has 0 radical (unpaired) electrons. The van der Waals surface area contributed by atoms with E-state index in [1.165, 1.54) is 0 Å². The largest absolute Gasteiger partial charge is 0.406 e. The highest BCUT2D eigenvalue weighted by atomic mass is 19.4. The number of halogens is 3. The summed E-state index contributed by atoms with van der Waals surface area (Å²) in [6, 6.07) is 5.40. The van der Waals surface area contributed by atoms with Gasteiger partial charge in [0.25, 0.3) is 0 Å². The molecule has 1 N–H and O–H groups in total. The van der Waals surface area contributed by atoms with Crippen LogP contribution in [0.25, 0.3) is 0 Å². The van der Waals surface area contributed by atoms with Crippen LogP contribution < -0.4 is 5.43 Å². The summed E-state index contributed by atoms with van der Waals surface area (Å²) in [6.07, 6.45) is -3.69. The first-order valence-corrected chi connectivity index (χ1v) is 7.37. The quantitative estimate of drug-likeness (QED) is 0.925. The normalized spacial score (nSPS) is 20.0. The Balaban J connectivity index is 2.25. The Kier molecular flexibility index (Phi) is 4.52. The number of hydrogen-bond donors (Lipinski definition) is 1. The van der Waals surface area contributed by atoms with Crippen LogP contribution in [0.2, 0.25) is 0 Å². The van der Waals surface area contributed by atoms with Gasteiger partial charge in [0.05, 0.1) is 0 Å². The standard InChI is InChI=1S/C16H21F3N2O/c1-4-11-5-7-12(8-6-11)9-13(16(17,18)19)21-15(2,3)10-14(22)20-21/h5-8,13H,4,9-10H2,1-3H3,(H,20,22)/t13-/m0/s1. The second kappa shape index (κ2) is 5.91. The minimum atomic E-state index is -4.42. The van der Waals surface area contributed by atoms with Crippen LogP contribution in [-0.4, -0.2) is 28.7 Å². The molecule has 1 aromatic carbocycles. The number of carbonyl (C=O) groups excluding carboxylic acids is 1. The summed E-state index contributed by atoms with van der Waals surface area (Å²) >= 11 is 0. The van der Waals surface area contributed by atoms with Gasteiger partial charge in [-0.2, -0.15) is 13.2 Å². The first-order chi connectivity index (χ1) is 10.1. The number of nitrogens with one attached hydrogen (secondary N) is 1. The summed E-state index contributed by atoms with van der Waals surface area (Å²) in [5, 5.41) is 1.06. The molecule has 1 atom stereocenters. The van der Waals surface area contributed by atoms with Gasteiger partial charge in [0.15, 0.2) is 0 Å². The summed E-state index contributed by atoms with van der Waals surface area (Å²) in [4.78, 5) is 11.5. The zero-order chi connectivity index (χ0) is 16.5. The monoisotopic (exact) mass is 314 g/mol. The van der Waals surface area contributed by atoms with Crippen molar-refractivity contribution in [3.05, 3.63) is 35.4 Å². The summed E-state index contributed by atoms with van der Waals surface area (Å²) in [7, 11) is 0. The van der Waals surface area contributed by atoms with Crippen LogP contribution in [0.3, 0.4) is 0 Å². The highest BCUT2D eigenvalue weighted by molar-refractivity contribution is 5.78. The van der Waals surface area contributed by atoms with Gasteiger partial charge < -0.3 is 0 Å². The fourth-order valence-electron chi connectivity index (χ4n) is 2.79. The predicted molar refractivity (Wildman–Crippen MR) is 78.0 cm³/mol. The SMILES string of the molecule is CCc1ccc(C[C@H](N2NC(=O)CC2(C)C)C(F)(F)F)cc1. The fraction of sp³-hybridized carbons (Fsp3) is 0.562. The molecule has 0 aromatic heterocycles. The molecule has 1 aliphatic heterocycles. The Morgan fingerprint density at radius 3 is 2.18 bits per heavy atom. The smallest absolute Gasteiger partial charge is 0.288 e. The van der Waals surface area contributed by atoms with E-state index in [9.17, 15) is 18.0 Å². The first kappa shape index (κ1) is 16.8. The maximum Gasteiger partial charge on any atom is 0.406 e. The van der Waals surface area contributed by atoms with Gasteiger partial charge in [-0.05, 0) is 37.8 Å². The van der Waals surface area contributed by atoms with Gasteiger partial charge in [0.1, 0.15) is 6.04 Å². The van der Waals surface area contributed by atoms with Gasteiger partial charge in [-0.3, -0.25) is 10.2 Å². The molecule has 0 bridgehead atoms. The Labute approximate surface area is 128 Å². The summed E-state index contributed by atoms with van der Waals surface area (Å²) in [6.45, 7) is 5.28. The molecule has 122 valence electrons. The number of nitrogens with zero attached hydrogens (tertiary/aromatic N) is 1. The average Bonchev–Trinajstić information content (AvgIpc) is 2.68. The highest BCUT2D eigenvalue weighted by Crippen LogP contribution is 2.34. The van der Waals surface area contributed by atoms with Crippen molar-refractivity contribution in [3.63, 3.8) is 0 Å². The molecule has 1 fully saturated rings. The molecule has 1 aromatic rings. The second-order valence-corrected chi connectivity index (χ2v) is 6.33. The summed E-state index contributed by atoms with van der Waals surface area (Å²) < 4.78 is 40.4. The number of carbonyl (C=O) groups is 1. The molecule has 6 heteroatoms. The second-order valence-electron chi connectivity index (χ2n) is 6.33. The maximum absolute atomic E-state index is 13.5. The molecule has 22 heavy (non-hydrogen) atoms. The lowest BCUT2D eigenvalue weighted by molar-refractivity contribution is -0.200. The zero-order valence-electron chi connectivity index (χ0n) is 13.0. The number of rotatable bonds is 4. The molecular formula is C16H21F3N2O. The molecule has 3 nitrogen and oxygen atoms in total. The van der Waals surface area contributed by atoms with Gasteiger partial charge in [-0.15, -0.1) is 0 Å². The lowest BCUT2D eigenvalue weighted by atomic mass is 9.96. The van der Waals surface area contributed by atoms with E-state index in [1.807, 2.05) is 19.1 Å². The van der Waals surface area contributed by atoms with Crippen LogP contribution in [0.1, 0.15) is 38.3 Å². The van der Waals surface area contributed by atoms with E-state index in [4.69, 9.17) is 0 Å². The van der Waals surface area contributed by atoms with Gasteiger partial charge in [-0.25, -0.2) is 5.01 Å². The summed E-state index contributed by atoms with van der Waals surface area (Å²) in [5.74, 6) is -0.374. The van der Waals surface area contributed by atoms with E-state index in [0.29, 0.717) is 5.56 Å². The van der Waals surface area contributed by atoms with Gasteiger partial charge in [0.2, 0.25) is 5.91 Å². The van der Waals surface area contributed by atoms with Gasteiger partial charge >= 0.3 is 6.18 Å². The first-order valence-electron chi connectivity index (χ1n) is 7.37. The lowest BCUT2D eigenvalue weighted by Gasteiger charge is -2.37. The Morgan fingerprint density at radius 1 is 1.23 bits per heavy atom. The van der Waals surface area contributed by atoms with E-state index in [-0.39, 0.29) is 18.7 Å². The van der Waals surface area contributed by atoms with Gasteiger partial charge in [0, 0.05) is 12.0 Å². The number of hydrogen-bond acceptors (Lipinski definition) is 2. The average molecular weight is 314 g/mol. The highest BCUT2D eigenvalue weighted by Gasteiger charge is 2.51. The third-order valence-electron chi connectivity index (χ3n) is 4.04. The van der Waals surface area contributed by atoms with Crippen molar-refractivity contribution < 1.29 is 18.0 Å². The lowest BCUT2D eigenvalue weighted by Crippen LogP contribution is -2.57. The molecule has 1 saturated heterocycles. The van der Waals surface area contributed by atoms with Crippen LogP contribution >= 0.6 is 0 Å². The number of aryl methyl sites for hydroxylation is 1. The number of amides is 1. The van der Waals surface area contributed by atoms with Crippen molar-refractivity contribution in [2.45, 2.75) is 57.8 Å². The third kappa shape index (κ3) is 3.61. The van der Waals surface area contributed by atoms with Crippen molar-refractivity contribution in [1.82, 2.24) is 10.4 Å². The minimum Gasteiger partial charge on any atom is -0.288 e.